The molecule has 31 heavy (non-hydrogen) atoms. The first-order valence-electron chi connectivity index (χ1n) is 9.88. The van der Waals surface area contributed by atoms with Crippen LogP contribution in [0.5, 0.6) is 0 Å². The monoisotopic (exact) mass is 466 g/mol. The second-order valence-corrected chi connectivity index (χ2v) is 7.65. The number of pyridine rings is 1. The van der Waals surface area contributed by atoms with Gasteiger partial charge in [0.05, 0.1) is 23.5 Å². The highest BCUT2D eigenvalue weighted by molar-refractivity contribution is 5.94. The number of piperidine rings is 1. The number of methoxy groups -OCH3 is 1. The molecule has 0 radical (unpaired) electrons. The van der Waals surface area contributed by atoms with Crippen LogP contribution in [0.4, 0.5) is 0 Å². The molecule has 0 aliphatic carbocycles. The molecule has 0 spiro atoms. The fourth-order valence-corrected chi connectivity index (χ4v) is 4.03. The Hall–Kier alpha value is -2.26. The summed E-state index contributed by atoms with van der Waals surface area (Å²) in [6.45, 7) is 4.92. The van der Waals surface area contributed by atoms with Gasteiger partial charge in [-0.3, -0.25) is 9.78 Å². The van der Waals surface area contributed by atoms with E-state index in [0.29, 0.717) is 24.5 Å². The molecule has 0 unspecified atom stereocenters. The third-order valence-electron chi connectivity index (χ3n) is 5.70. The first-order chi connectivity index (χ1) is 14.1. The molecule has 8 nitrogen and oxygen atoms in total. The number of fused-ring (bicyclic) bond motifs is 1. The van der Waals surface area contributed by atoms with Crippen molar-refractivity contribution in [3.05, 3.63) is 47.9 Å². The summed E-state index contributed by atoms with van der Waals surface area (Å²) in [6, 6.07) is 9.71. The van der Waals surface area contributed by atoms with Gasteiger partial charge in [-0.2, -0.15) is 0 Å². The molecule has 0 saturated carbocycles. The van der Waals surface area contributed by atoms with E-state index in [-0.39, 0.29) is 36.1 Å². The minimum atomic E-state index is -0.207. The van der Waals surface area contributed by atoms with E-state index in [4.69, 9.17) is 4.74 Å². The number of nitrogens with one attached hydrogen (secondary N) is 2. The van der Waals surface area contributed by atoms with E-state index in [2.05, 4.69) is 25.9 Å². The summed E-state index contributed by atoms with van der Waals surface area (Å²) in [5, 5.41) is 15.8. The maximum absolute atomic E-state index is 12.9. The van der Waals surface area contributed by atoms with Crippen molar-refractivity contribution in [2.45, 2.75) is 19.8 Å². The Labute approximate surface area is 194 Å². The molecule has 0 atom stereocenters. The molecule has 0 bridgehead atoms. The fourth-order valence-electron chi connectivity index (χ4n) is 4.03. The Morgan fingerprint density at radius 1 is 1.23 bits per heavy atom. The molecule has 1 aliphatic rings. The van der Waals surface area contributed by atoms with Crippen molar-refractivity contribution in [1.29, 1.82) is 0 Å². The molecular formula is C21H28Cl2N6O2. The number of halogens is 2. The second-order valence-electron chi connectivity index (χ2n) is 7.65. The van der Waals surface area contributed by atoms with E-state index in [1.165, 1.54) is 0 Å². The van der Waals surface area contributed by atoms with Crippen molar-refractivity contribution in [1.82, 2.24) is 30.6 Å². The Morgan fingerprint density at radius 3 is 2.74 bits per heavy atom. The van der Waals surface area contributed by atoms with Crippen molar-refractivity contribution >= 4 is 41.6 Å². The van der Waals surface area contributed by atoms with Gasteiger partial charge in [0.2, 0.25) is 0 Å². The number of nitrogens with zero attached hydrogens (tertiary/aromatic N) is 4. The molecule has 1 saturated heterocycles. The first-order valence-corrected chi connectivity index (χ1v) is 9.88. The fraction of sp³-hybridized carbons (Fsp3) is 0.429. The number of rotatable bonds is 6. The first kappa shape index (κ1) is 25.0. The number of aromatic nitrogens is 4. The van der Waals surface area contributed by atoms with E-state index < -0.39 is 0 Å². The molecule has 1 amide bonds. The number of hydrogen-bond acceptors (Lipinski definition) is 6. The van der Waals surface area contributed by atoms with Crippen molar-refractivity contribution in [3.63, 3.8) is 0 Å². The van der Waals surface area contributed by atoms with Crippen LogP contribution in [0, 0.1) is 12.3 Å². The SMILES string of the molecule is COCC1(CNC(=O)c2nnn(-c3cccc4ncccc34)c2C)CCNCC1.Cl.Cl. The molecular weight excluding hydrogens is 439 g/mol. The van der Waals surface area contributed by atoms with E-state index >= 15 is 0 Å². The lowest BCUT2D eigenvalue weighted by Crippen LogP contribution is -2.47. The van der Waals surface area contributed by atoms with Gasteiger partial charge in [-0.05, 0) is 57.1 Å². The summed E-state index contributed by atoms with van der Waals surface area (Å²) in [5.41, 5.74) is 2.73. The molecule has 3 heterocycles. The number of carbonyl (C=O) groups excluding carboxylic acids is 1. The normalized spacial score (nSPS) is 15.0. The summed E-state index contributed by atoms with van der Waals surface area (Å²) in [6.07, 6.45) is 3.70. The maximum Gasteiger partial charge on any atom is 0.273 e. The van der Waals surface area contributed by atoms with E-state index in [1.807, 2.05) is 37.3 Å². The molecule has 1 aromatic carbocycles. The quantitative estimate of drug-likeness (QED) is 0.579. The third kappa shape index (κ3) is 5.15. The van der Waals surface area contributed by atoms with Crippen molar-refractivity contribution in [2.24, 2.45) is 5.41 Å². The van der Waals surface area contributed by atoms with Crippen LogP contribution < -0.4 is 10.6 Å². The molecule has 168 valence electrons. The van der Waals surface area contributed by atoms with Gasteiger partial charge in [-0.15, -0.1) is 29.9 Å². The van der Waals surface area contributed by atoms with Crippen LogP contribution >= 0.6 is 24.8 Å². The van der Waals surface area contributed by atoms with Crippen LogP contribution in [0.3, 0.4) is 0 Å². The van der Waals surface area contributed by atoms with E-state index in [0.717, 1.165) is 42.5 Å². The van der Waals surface area contributed by atoms with Gasteiger partial charge in [0.25, 0.3) is 5.91 Å². The third-order valence-corrected chi connectivity index (χ3v) is 5.70. The summed E-state index contributed by atoms with van der Waals surface area (Å²) < 4.78 is 7.13. The maximum atomic E-state index is 12.9. The summed E-state index contributed by atoms with van der Waals surface area (Å²) in [7, 11) is 1.71. The Balaban J connectivity index is 0.00000171. The Bertz CT molecular complexity index is 1010. The number of ether oxygens (including phenoxy) is 1. The van der Waals surface area contributed by atoms with Crippen molar-refractivity contribution in [3.8, 4) is 5.69 Å². The lowest BCUT2D eigenvalue weighted by Gasteiger charge is -2.37. The minimum absolute atomic E-state index is 0. The number of carbonyl (C=O) groups is 1. The average molecular weight is 467 g/mol. The molecule has 1 aliphatic heterocycles. The average Bonchev–Trinajstić information content (AvgIpc) is 3.14. The largest absolute Gasteiger partial charge is 0.384 e. The van der Waals surface area contributed by atoms with Crippen LogP contribution in [0.15, 0.2) is 36.5 Å². The van der Waals surface area contributed by atoms with Crippen LogP contribution in [0.1, 0.15) is 29.0 Å². The predicted octanol–water partition coefficient (Wildman–Crippen LogP) is 2.71. The van der Waals surface area contributed by atoms with Crippen LogP contribution in [-0.4, -0.2) is 59.2 Å². The van der Waals surface area contributed by atoms with Crippen LogP contribution in [0.2, 0.25) is 0 Å². The van der Waals surface area contributed by atoms with Crippen molar-refractivity contribution in [2.75, 3.05) is 33.4 Å². The van der Waals surface area contributed by atoms with Crippen LogP contribution in [0.25, 0.3) is 16.6 Å². The van der Waals surface area contributed by atoms with Crippen LogP contribution in [-0.2, 0) is 4.74 Å². The summed E-state index contributed by atoms with van der Waals surface area (Å²) >= 11 is 0. The van der Waals surface area contributed by atoms with E-state index in [1.54, 1.807) is 18.0 Å². The summed E-state index contributed by atoms with van der Waals surface area (Å²) in [5.74, 6) is -0.207. The predicted molar refractivity (Wildman–Crippen MR) is 125 cm³/mol. The zero-order chi connectivity index (χ0) is 20.3. The molecule has 3 aromatic rings. The number of benzene rings is 1. The smallest absolute Gasteiger partial charge is 0.273 e. The van der Waals surface area contributed by atoms with Gasteiger partial charge in [-0.25, -0.2) is 4.68 Å². The zero-order valence-electron chi connectivity index (χ0n) is 17.6. The highest BCUT2D eigenvalue weighted by Crippen LogP contribution is 2.28. The van der Waals surface area contributed by atoms with Gasteiger partial charge < -0.3 is 15.4 Å². The molecule has 4 rings (SSSR count). The van der Waals surface area contributed by atoms with Gasteiger partial charge >= 0.3 is 0 Å². The lowest BCUT2D eigenvalue weighted by atomic mass is 9.79. The highest BCUT2D eigenvalue weighted by atomic mass is 35.5. The molecule has 2 aromatic heterocycles. The minimum Gasteiger partial charge on any atom is -0.384 e. The van der Waals surface area contributed by atoms with Gasteiger partial charge in [-0.1, -0.05) is 11.3 Å². The second kappa shape index (κ2) is 10.9. The highest BCUT2D eigenvalue weighted by Gasteiger charge is 2.33. The van der Waals surface area contributed by atoms with Gasteiger partial charge in [0, 0.05) is 30.7 Å². The van der Waals surface area contributed by atoms with Crippen molar-refractivity contribution < 1.29 is 9.53 Å². The number of hydrogen-bond donors (Lipinski definition) is 2. The van der Waals surface area contributed by atoms with E-state index in [9.17, 15) is 4.79 Å². The van der Waals surface area contributed by atoms with Gasteiger partial charge in [0.15, 0.2) is 5.69 Å². The summed E-state index contributed by atoms with van der Waals surface area (Å²) in [4.78, 5) is 17.3. The molecule has 1 fully saturated rings. The lowest BCUT2D eigenvalue weighted by molar-refractivity contribution is 0.0510. The van der Waals surface area contributed by atoms with Gasteiger partial charge in [0.1, 0.15) is 0 Å². The molecule has 2 N–H and O–H groups in total. The topological polar surface area (TPSA) is 94.0 Å². The zero-order valence-corrected chi connectivity index (χ0v) is 19.3. The number of amides is 1. The Kier molecular flexibility index (Phi) is 8.76. The Morgan fingerprint density at radius 2 is 2.00 bits per heavy atom. The molecule has 10 heteroatoms. The standard InChI is InChI=1S/C21H26N6O2.2ClH/c1-15-19(20(28)24-13-21(14-29-2)8-11-22-12-9-21)25-26-27(15)18-7-3-6-17-16(18)5-4-10-23-17;;/h3-7,10,22H,8-9,11-14H2,1-2H3,(H,24,28);2*1H.